The van der Waals surface area contributed by atoms with Crippen LogP contribution >= 0.6 is 11.8 Å². The summed E-state index contributed by atoms with van der Waals surface area (Å²) in [7, 11) is 0. The maximum Gasteiger partial charge on any atom is 0.416 e. The molecule has 1 unspecified atom stereocenters. The van der Waals surface area contributed by atoms with E-state index in [-0.39, 0.29) is 17.0 Å². The predicted octanol–water partition coefficient (Wildman–Crippen LogP) is 4.53. The van der Waals surface area contributed by atoms with Crippen LogP contribution in [0.15, 0.2) is 65.8 Å². The van der Waals surface area contributed by atoms with Gasteiger partial charge in [-0.25, -0.2) is 19.0 Å². The summed E-state index contributed by atoms with van der Waals surface area (Å²) >= 11 is 0.769. The average Bonchev–Trinajstić information content (AvgIpc) is 3.25. The third-order valence-electron chi connectivity index (χ3n) is 6.31. The molecular formula is C27H22F7N3O6S. The summed E-state index contributed by atoms with van der Waals surface area (Å²) < 4.78 is 104. The number of esters is 2. The van der Waals surface area contributed by atoms with E-state index >= 15 is 4.39 Å². The first kappa shape index (κ1) is 32.8. The number of aliphatic hydroxyl groups excluding tert-OH is 1. The number of nitrogens with zero attached hydrogens (tertiary/aromatic N) is 2. The van der Waals surface area contributed by atoms with Crippen LogP contribution in [-0.4, -0.2) is 69.5 Å². The molecule has 0 spiro atoms. The van der Waals surface area contributed by atoms with Crippen LogP contribution in [-0.2, 0) is 26.6 Å². The number of aliphatic hydroxyl groups is 1. The topological polar surface area (TPSA) is 118 Å². The van der Waals surface area contributed by atoms with E-state index in [9.17, 15) is 45.8 Å². The van der Waals surface area contributed by atoms with E-state index in [1.807, 2.05) is 0 Å². The number of aliphatic imine (C=N–C) groups is 1. The van der Waals surface area contributed by atoms with Crippen LogP contribution in [0, 0.1) is 0 Å². The minimum absolute atomic E-state index is 0.0213. The number of carbonyl (C=O) groups is 3. The van der Waals surface area contributed by atoms with Crippen molar-refractivity contribution in [1.82, 2.24) is 10.2 Å². The zero-order chi connectivity index (χ0) is 32.4. The van der Waals surface area contributed by atoms with Gasteiger partial charge < -0.3 is 24.8 Å². The van der Waals surface area contributed by atoms with Gasteiger partial charge >= 0.3 is 24.3 Å². The molecular weight excluding hydrogens is 627 g/mol. The molecule has 2 aromatic rings. The number of hydrogen-bond acceptors (Lipinski definition) is 9. The Balaban J connectivity index is 1.52. The predicted molar refractivity (Wildman–Crippen MR) is 141 cm³/mol. The van der Waals surface area contributed by atoms with E-state index in [0.717, 1.165) is 40.9 Å². The van der Waals surface area contributed by atoms with E-state index in [4.69, 9.17) is 9.47 Å². The van der Waals surface area contributed by atoms with Gasteiger partial charge in [0, 0.05) is 13.1 Å². The zero-order valence-corrected chi connectivity index (χ0v) is 23.1. The Morgan fingerprint density at radius 3 is 1.93 bits per heavy atom. The Labute approximate surface area is 248 Å². The monoisotopic (exact) mass is 649 g/mol. The summed E-state index contributed by atoms with van der Waals surface area (Å²) in [6.07, 6.45) is -12.3. The molecule has 0 saturated carbocycles. The molecule has 1 saturated heterocycles. The number of halogens is 7. The number of rotatable bonds is 6. The second-order valence-corrected chi connectivity index (χ2v) is 10.8. The Bertz CT molecular complexity index is 1450. The lowest BCUT2D eigenvalue weighted by Crippen LogP contribution is -2.46. The highest BCUT2D eigenvalue weighted by atomic mass is 32.2. The first-order valence-electron chi connectivity index (χ1n) is 12.6. The summed E-state index contributed by atoms with van der Waals surface area (Å²) in [5, 5.41) is 10.4. The fourth-order valence-corrected chi connectivity index (χ4v) is 5.66. The van der Waals surface area contributed by atoms with E-state index in [0.29, 0.717) is 24.3 Å². The fourth-order valence-electron chi connectivity index (χ4n) is 4.17. The first-order valence-corrected chi connectivity index (χ1v) is 13.5. The molecule has 0 radical (unpaired) electrons. The van der Waals surface area contributed by atoms with Crippen molar-refractivity contribution in [3.63, 3.8) is 0 Å². The fraction of sp³-hybridized carbons (Fsp3) is 0.333. The van der Waals surface area contributed by atoms with Crippen molar-refractivity contribution >= 4 is 35.4 Å². The van der Waals surface area contributed by atoms with E-state index < -0.39 is 77.2 Å². The summed E-state index contributed by atoms with van der Waals surface area (Å²) in [5.41, 5.74) is -2.62. The van der Waals surface area contributed by atoms with E-state index in [1.165, 1.54) is 19.2 Å². The lowest BCUT2D eigenvalue weighted by Gasteiger charge is -2.33. The number of thioether (sulfide) groups is 1. The normalized spacial score (nSPS) is 23.6. The van der Waals surface area contributed by atoms with Gasteiger partial charge in [0.25, 0.3) is 0 Å². The number of carbonyl (C=O) groups excluding carboxylic acids is 3. The highest BCUT2D eigenvalue weighted by Gasteiger charge is 2.51. The molecule has 5 atom stereocenters. The Morgan fingerprint density at radius 2 is 1.45 bits per heavy atom. The molecule has 2 N–H and O–H groups in total. The van der Waals surface area contributed by atoms with Crippen LogP contribution in [0.3, 0.4) is 0 Å². The molecule has 9 nitrogen and oxygen atoms in total. The van der Waals surface area contributed by atoms with Gasteiger partial charge in [0.15, 0.2) is 12.3 Å². The molecule has 236 valence electrons. The zero-order valence-electron chi connectivity index (χ0n) is 22.3. The largest absolute Gasteiger partial charge is 0.461 e. The van der Waals surface area contributed by atoms with Crippen LogP contribution in [0.2, 0.25) is 0 Å². The first-order chi connectivity index (χ1) is 20.5. The Kier molecular flexibility index (Phi) is 9.58. The minimum atomic E-state index is -4.67. The van der Waals surface area contributed by atoms with Gasteiger partial charge in [0.1, 0.15) is 17.8 Å². The lowest BCUT2D eigenvalue weighted by atomic mass is 10.1. The average molecular weight is 650 g/mol. The van der Waals surface area contributed by atoms with Crippen molar-refractivity contribution in [2.75, 3.05) is 6.61 Å². The minimum Gasteiger partial charge on any atom is -0.461 e. The van der Waals surface area contributed by atoms with E-state index in [1.54, 1.807) is 0 Å². The van der Waals surface area contributed by atoms with Gasteiger partial charge in [-0.15, -0.1) is 11.8 Å². The quantitative estimate of drug-likeness (QED) is 0.347. The van der Waals surface area contributed by atoms with Crippen LogP contribution in [0.25, 0.3) is 0 Å². The van der Waals surface area contributed by atoms with Crippen molar-refractivity contribution in [1.29, 1.82) is 0 Å². The summed E-state index contributed by atoms with van der Waals surface area (Å²) in [6.45, 7) is 0.589. The number of hydrogen-bond donors (Lipinski definition) is 2. The summed E-state index contributed by atoms with van der Waals surface area (Å²) in [6, 6.07) is 6.06. The van der Waals surface area contributed by atoms with Crippen LogP contribution < -0.4 is 5.32 Å². The van der Waals surface area contributed by atoms with E-state index in [2.05, 4.69) is 10.3 Å². The number of ether oxygens (including phenoxy) is 2. The smallest absolute Gasteiger partial charge is 0.416 e. The molecule has 2 heterocycles. The highest BCUT2D eigenvalue weighted by molar-refractivity contribution is 8.00. The van der Waals surface area contributed by atoms with Crippen molar-refractivity contribution in [2.24, 2.45) is 4.99 Å². The SMILES string of the molecule is CC(=O)NC1=NC(O)N([C@@H]2S[C@H](COC(=O)c3ccc(C(F)(F)F)cc3)[C@@H](OC(=O)c3ccc(C(F)(F)F)cc3)[C@@H]2F)C=C1. The molecule has 44 heavy (non-hydrogen) atoms. The number of amidine groups is 1. The van der Waals surface area contributed by atoms with Crippen LogP contribution in [0.4, 0.5) is 30.7 Å². The third kappa shape index (κ3) is 7.68. The molecule has 1 fully saturated rings. The van der Waals surface area contributed by atoms with Gasteiger partial charge in [0.2, 0.25) is 12.3 Å². The number of benzene rings is 2. The Morgan fingerprint density at radius 1 is 0.932 bits per heavy atom. The van der Waals surface area contributed by atoms with Gasteiger partial charge in [-0.1, -0.05) is 0 Å². The molecule has 0 bridgehead atoms. The third-order valence-corrected chi connectivity index (χ3v) is 7.84. The summed E-state index contributed by atoms with van der Waals surface area (Å²) in [5.74, 6) is -2.76. The number of nitrogens with one attached hydrogen (secondary N) is 1. The van der Waals surface area contributed by atoms with Crippen molar-refractivity contribution in [3.8, 4) is 0 Å². The van der Waals surface area contributed by atoms with Crippen LogP contribution in [0.1, 0.15) is 38.8 Å². The molecule has 4 rings (SSSR count). The molecule has 0 aromatic heterocycles. The molecule has 17 heteroatoms. The summed E-state index contributed by atoms with van der Waals surface area (Å²) in [4.78, 5) is 41.5. The van der Waals surface area contributed by atoms with Crippen LogP contribution in [0.5, 0.6) is 0 Å². The van der Waals surface area contributed by atoms with Crippen molar-refractivity contribution in [3.05, 3.63) is 83.1 Å². The molecule has 2 aliphatic rings. The second-order valence-electron chi connectivity index (χ2n) is 9.43. The second kappa shape index (κ2) is 12.9. The molecule has 2 aliphatic heterocycles. The van der Waals surface area contributed by atoms with Crippen molar-refractivity contribution < 1.29 is 59.7 Å². The Hall–Kier alpha value is -4.12. The van der Waals surface area contributed by atoms with Gasteiger partial charge in [-0.2, -0.15) is 26.3 Å². The molecule has 2 aromatic carbocycles. The highest BCUT2D eigenvalue weighted by Crippen LogP contribution is 2.42. The standard InChI is InChI=1S/C27H22F7N3O6S/c1-13(38)35-19-10-11-37(25(41)36-19)22-20(28)21(43-24(40)15-4-8-17(9-5-15)27(32,33)34)18(44-22)12-42-23(39)14-2-6-16(7-3-14)26(29,30)31/h2-11,18,20-22,25,41H,12H2,1H3,(H,35,36,38)/t18-,20+,21-,22-,25?/m1/s1. The van der Waals surface area contributed by atoms with Gasteiger partial charge in [0.05, 0.1) is 27.5 Å². The van der Waals surface area contributed by atoms with Crippen molar-refractivity contribution in [2.45, 2.75) is 48.5 Å². The maximum absolute atomic E-state index is 15.9. The van der Waals surface area contributed by atoms with Gasteiger partial charge in [-0.3, -0.25) is 4.79 Å². The number of amides is 1. The maximum atomic E-state index is 15.9. The van der Waals surface area contributed by atoms with Gasteiger partial charge in [-0.05, 0) is 54.6 Å². The molecule has 1 amide bonds. The molecule has 0 aliphatic carbocycles. The lowest BCUT2D eigenvalue weighted by molar-refractivity contribution is -0.138. The number of alkyl halides is 7.